The first-order valence-corrected chi connectivity index (χ1v) is 10.7. The Labute approximate surface area is 187 Å². The van der Waals surface area contributed by atoms with Gasteiger partial charge >= 0.3 is 0 Å². The number of aliphatic hydroxyl groups excluding tert-OH is 2. The molecule has 4 aliphatic rings. The molecule has 33 heavy (non-hydrogen) atoms. The Hall–Kier alpha value is -3.19. The molecule has 12 nitrogen and oxygen atoms in total. The van der Waals surface area contributed by atoms with Crippen molar-refractivity contribution in [3.05, 3.63) is 34.9 Å². The van der Waals surface area contributed by atoms with E-state index in [2.05, 4.69) is 10.6 Å². The maximum absolute atomic E-state index is 13.1. The van der Waals surface area contributed by atoms with Crippen LogP contribution in [0.5, 0.6) is 0 Å². The summed E-state index contributed by atoms with van der Waals surface area (Å²) in [5.74, 6) is 2.46. The van der Waals surface area contributed by atoms with Crippen molar-refractivity contribution in [1.82, 2.24) is 20.5 Å². The van der Waals surface area contributed by atoms with E-state index in [1.165, 1.54) is 11.1 Å². The van der Waals surface area contributed by atoms with E-state index in [1.54, 1.807) is 12.1 Å². The van der Waals surface area contributed by atoms with Gasteiger partial charge in [-0.1, -0.05) is 12.1 Å². The fourth-order valence-corrected chi connectivity index (χ4v) is 5.42. The molecule has 0 spiro atoms. The number of aliphatic hydroxyl groups is 2. The first-order chi connectivity index (χ1) is 15.7. The van der Waals surface area contributed by atoms with Crippen LogP contribution in [0.1, 0.15) is 45.5 Å². The third-order valence-corrected chi connectivity index (χ3v) is 7.07. The van der Waals surface area contributed by atoms with Crippen molar-refractivity contribution in [3.8, 4) is 0 Å². The third-order valence-electron chi connectivity index (χ3n) is 7.07. The van der Waals surface area contributed by atoms with Crippen LogP contribution in [0, 0.1) is 5.92 Å². The molecule has 12 heteroatoms. The predicted molar refractivity (Wildman–Crippen MR) is 109 cm³/mol. The lowest BCUT2D eigenvalue weighted by molar-refractivity contribution is -0.136. The summed E-state index contributed by atoms with van der Waals surface area (Å²) < 4.78 is 0. The van der Waals surface area contributed by atoms with E-state index in [1.807, 2.05) is 0 Å². The second kappa shape index (κ2) is 7.70. The first kappa shape index (κ1) is 21.6. The number of nitrogens with two attached hydrogens (primary N) is 1. The van der Waals surface area contributed by atoms with Crippen LogP contribution >= 0.6 is 0 Å². The van der Waals surface area contributed by atoms with Crippen LogP contribution in [-0.2, 0) is 20.9 Å². The van der Waals surface area contributed by atoms with Gasteiger partial charge in [0.1, 0.15) is 6.04 Å². The number of rotatable bonds is 4. The van der Waals surface area contributed by atoms with Crippen molar-refractivity contribution < 1.29 is 34.2 Å². The molecule has 6 N–H and O–H groups in total. The quantitative estimate of drug-likeness (QED) is 0.239. The zero-order chi connectivity index (χ0) is 23.6. The number of amides is 5. The standard InChI is InChI=1S/C21H23N5O7/c22-26-12-6-10(15(26)17(29)16(12)28)18(30)23-7-8-2-1-3-9-14(8)21(33)25(20(9)32)11-4-5-13(27)24-19(11)31/h1-3,10-12,15-17,28-29H,4-7,22H2,(H,23,30)(H,24,27,31)/t10-,11?,12-,15?,16+,17-/m0/s1. The lowest BCUT2D eigenvalue weighted by Crippen LogP contribution is -2.54. The van der Waals surface area contributed by atoms with Gasteiger partial charge in [0.05, 0.1) is 41.3 Å². The van der Waals surface area contributed by atoms with Crippen LogP contribution in [-0.4, -0.2) is 80.0 Å². The number of carbonyl (C=O) groups is 5. The highest BCUT2D eigenvalue weighted by molar-refractivity contribution is 6.24. The van der Waals surface area contributed by atoms with E-state index < -0.39 is 59.9 Å². The SMILES string of the molecule is NN1C2[C@@H](C(=O)NCc3cccc4c3C(=O)N(C3CCC(=O)NC3=O)C4=O)C[C@H]1[C@@H](O)[C@H]2O. The van der Waals surface area contributed by atoms with Crippen LogP contribution in [0.15, 0.2) is 18.2 Å². The van der Waals surface area contributed by atoms with Crippen molar-refractivity contribution in [3.63, 3.8) is 0 Å². The van der Waals surface area contributed by atoms with Crippen LogP contribution in [0.2, 0.25) is 0 Å². The number of hydrogen-bond acceptors (Lipinski definition) is 9. The second-order valence-electron chi connectivity index (χ2n) is 8.83. The molecule has 0 aromatic heterocycles. The third kappa shape index (κ3) is 3.17. The summed E-state index contributed by atoms with van der Waals surface area (Å²) in [4.78, 5) is 63.4. The summed E-state index contributed by atoms with van der Waals surface area (Å²) in [6.07, 6.45) is -1.78. The fourth-order valence-electron chi connectivity index (χ4n) is 5.42. The predicted octanol–water partition coefficient (Wildman–Crippen LogP) is -2.63. The van der Waals surface area contributed by atoms with Gasteiger partial charge in [-0.25, -0.2) is 5.01 Å². The summed E-state index contributed by atoms with van der Waals surface area (Å²) in [5, 5.41) is 26.3. The van der Waals surface area contributed by atoms with E-state index in [0.717, 1.165) is 4.90 Å². The monoisotopic (exact) mass is 457 g/mol. The number of hydrazine groups is 1. The fraction of sp³-hybridized carbons (Fsp3) is 0.476. The van der Waals surface area contributed by atoms with Crippen molar-refractivity contribution in [1.29, 1.82) is 0 Å². The molecule has 1 aromatic rings. The highest BCUT2D eigenvalue weighted by Gasteiger charge is 2.58. The summed E-state index contributed by atoms with van der Waals surface area (Å²) in [6.45, 7) is -0.0542. The molecule has 2 unspecified atom stereocenters. The molecular formula is C21H23N5O7. The van der Waals surface area contributed by atoms with Crippen LogP contribution in [0.4, 0.5) is 0 Å². The van der Waals surface area contributed by atoms with E-state index >= 15 is 0 Å². The van der Waals surface area contributed by atoms with E-state index in [-0.39, 0.29) is 36.4 Å². The van der Waals surface area contributed by atoms with Crippen molar-refractivity contribution in [2.75, 3.05) is 0 Å². The number of nitrogens with one attached hydrogen (secondary N) is 2. The Morgan fingerprint density at radius 3 is 2.58 bits per heavy atom. The molecule has 5 amide bonds. The first-order valence-electron chi connectivity index (χ1n) is 10.7. The van der Waals surface area contributed by atoms with Crippen LogP contribution < -0.4 is 16.5 Å². The number of imide groups is 2. The minimum atomic E-state index is -1.13. The summed E-state index contributed by atoms with van der Waals surface area (Å²) in [7, 11) is 0. The molecule has 3 saturated heterocycles. The zero-order valence-corrected chi connectivity index (χ0v) is 17.4. The highest BCUT2D eigenvalue weighted by Crippen LogP contribution is 2.40. The van der Waals surface area contributed by atoms with Gasteiger partial charge in [-0.05, 0) is 24.5 Å². The molecular weight excluding hydrogens is 434 g/mol. The largest absolute Gasteiger partial charge is 0.389 e. The molecule has 2 bridgehead atoms. The number of benzene rings is 1. The van der Waals surface area contributed by atoms with Gasteiger partial charge in [-0.3, -0.25) is 40.0 Å². The van der Waals surface area contributed by atoms with Gasteiger partial charge in [-0.2, -0.15) is 0 Å². The van der Waals surface area contributed by atoms with Crippen molar-refractivity contribution in [2.45, 2.75) is 56.1 Å². The van der Waals surface area contributed by atoms with Crippen LogP contribution in [0.25, 0.3) is 0 Å². The van der Waals surface area contributed by atoms with Crippen molar-refractivity contribution in [2.24, 2.45) is 11.8 Å². The topological polar surface area (TPSA) is 182 Å². The molecule has 174 valence electrons. The number of carbonyl (C=O) groups excluding carboxylic acids is 5. The second-order valence-corrected chi connectivity index (χ2v) is 8.83. The maximum Gasteiger partial charge on any atom is 0.262 e. The Morgan fingerprint density at radius 2 is 1.91 bits per heavy atom. The Balaban J connectivity index is 1.32. The molecule has 0 saturated carbocycles. The van der Waals surface area contributed by atoms with Gasteiger partial charge in [0, 0.05) is 13.0 Å². The lowest BCUT2D eigenvalue weighted by Gasteiger charge is -2.28. The maximum atomic E-state index is 13.1. The lowest BCUT2D eigenvalue weighted by atomic mass is 9.84. The van der Waals surface area contributed by atoms with Gasteiger partial charge in [0.2, 0.25) is 17.7 Å². The van der Waals surface area contributed by atoms with Gasteiger partial charge in [-0.15, -0.1) is 0 Å². The minimum Gasteiger partial charge on any atom is -0.389 e. The molecule has 6 atom stereocenters. The number of fused-ring (bicyclic) bond motifs is 3. The number of piperidine rings is 1. The minimum absolute atomic E-state index is 0.0228. The molecule has 3 fully saturated rings. The average Bonchev–Trinajstić information content (AvgIpc) is 3.32. The summed E-state index contributed by atoms with van der Waals surface area (Å²) in [5.41, 5.74) is 0.640. The Morgan fingerprint density at radius 1 is 1.15 bits per heavy atom. The van der Waals surface area contributed by atoms with Gasteiger partial charge < -0.3 is 15.5 Å². The molecule has 4 aliphatic heterocycles. The van der Waals surface area contributed by atoms with Crippen molar-refractivity contribution >= 4 is 29.5 Å². The zero-order valence-electron chi connectivity index (χ0n) is 17.4. The highest BCUT2D eigenvalue weighted by atomic mass is 16.3. The Bertz CT molecular complexity index is 1090. The van der Waals surface area contributed by atoms with Gasteiger partial charge in [0.15, 0.2) is 0 Å². The Kier molecular flexibility index (Phi) is 5.05. The van der Waals surface area contributed by atoms with E-state index in [4.69, 9.17) is 5.84 Å². The molecule has 0 aliphatic carbocycles. The summed E-state index contributed by atoms with van der Waals surface area (Å²) in [6, 6.07) is 2.37. The summed E-state index contributed by atoms with van der Waals surface area (Å²) >= 11 is 0. The number of hydrogen-bond donors (Lipinski definition) is 5. The normalized spacial score (nSPS) is 33.5. The molecule has 0 radical (unpaired) electrons. The average molecular weight is 457 g/mol. The number of nitrogens with zero attached hydrogens (tertiary/aromatic N) is 2. The molecule has 1 aromatic carbocycles. The smallest absolute Gasteiger partial charge is 0.262 e. The van der Waals surface area contributed by atoms with Gasteiger partial charge in [0.25, 0.3) is 11.8 Å². The molecule has 4 heterocycles. The van der Waals surface area contributed by atoms with E-state index in [9.17, 15) is 34.2 Å². The van der Waals surface area contributed by atoms with E-state index in [0.29, 0.717) is 12.0 Å². The van der Waals surface area contributed by atoms with Crippen LogP contribution in [0.3, 0.4) is 0 Å². The molecule has 5 rings (SSSR count).